The van der Waals surface area contributed by atoms with Crippen LogP contribution in [0.25, 0.3) is 11.1 Å². The van der Waals surface area contributed by atoms with E-state index in [2.05, 4.69) is 10.3 Å². The first-order valence-electron chi connectivity index (χ1n) is 12.7. The van der Waals surface area contributed by atoms with Crippen molar-refractivity contribution in [3.05, 3.63) is 30.2 Å². The van der Waals surface area contributed by atoms with Crippen molar-refractivity contribution in [2.75, 3.05) is 26.3 Å². The van der Waals surface area contributed by atoms with Crippen LogP contribution in [0.5, 0.6) is 0 Å². The van der Waals surface area contributed by atoms with Gasteiger partial charge in [0.25, 0.3) is 0 Å². The number of aliphatic hydroxyl groups is 1. The molecule has 2 fully saturated rings. The van der Waals surface area contributed by atoms with Crippen LogP contribution in [0.15, 0.2) is 28.7 Å². The van der Waals surface area contributed by atoms with E-state index in [1.165, 1.54) is 19.3 Å². The minimum Gasteiger partial charge on any atom is -0.438 e. The molecule has 4 rings (SSSR count). The molecule has 8 nitrogen and oxygen atoms in total. The molecule has 1 aromatic heterocycles. The number of hydrogen-bond donors (Lipinski definition) is 2. The number of hydrogen-bond acceptors (Lipinski definition) is 6. The number of carbonyl (C=O) groups is 2. The summed E-state index contributed by atoms with van der Waals surface area (Å²) in [6.45, 7) is 4.14. The number of morpholine rings is 1. The third kappa shape index (κ3) is 6.16. The van der Waals surface area contributed by atoms with Crippen molar-refractivity contribution in [1.82, 2.24) is 15.2 Å². The van der Waals surface area contributed by atoms with Gasteiger partial charge in [-0.05, 0) is 30.9 Å². The van der Waals surface area contributed by atoms with E-state index in [0.29, 0.717) is 56.2 Å². The zero-order chi connectivity index (χ0) is 23.9. The van der Waals surface area contributed by atoms with E-state index in [-0.39, 0.29) is 24.1 Å². The number of benzene rings is 1. The largest absolute Gasteiger partial charge is 0.438 e. The molecule has 3 unspecified atom stereocenters. The van der Waals surface area contributed by atoms with Crippen molar-refractivity contribution in [3.63, 3.8) is 0 Å². The average Bonchev–Trinajstić information content (AvgIpc) is 3.32. The first-order valence-corrected chi connectivity index (χ1v) is 12.7. The Bertz CT molecular complexity index is 916. The summed E-state index contributed by atoms with van der Waals surface area (Å²) in [5.41, 5.74) is 1.27. The normalized spacial score (nSPS) is 20.1. The fourth-order valence-electron chi connectivity index (χ4n) is 5.15. The summed E-state index contributed by atoms with van der Waals surface area (Å²) >= 11 is 0. The molecule has 2 amide bonds. The molecule has 1 aliphatic heterocycles. The predicted molar refractivity (Wildman–Crippen MR) is 128 cm³/mol. The molecule has 2 aliphatic rings. The molecule has 1 saturated heterocycles. The molecular weight excluding hydrogens is 434 g/mol. The first kappa shape index (κ1) is 24.7. The number of rotatable bonds is 9. The number of para-hydroxylation sites is 2. The SMILES string of the molecule is CCC(NC(=O)C(CC(=O)N1CCOCC1)CC1CCCCC1)C(O)c1nc2ccccc2o1. The van der Waals surface area contributed by atoms with Gasteiger partial charge in [-0.25, -0.2) is 4.98 Å². The highest BCUT2D eigenvalue weighted by Gasteiger charge is 2.32. The summed E-state index contributed by atoms with van der Waals surface area (Å²) in [5.74, 6) is 0.0786. The van der Waals surface area contributed by atoms with Gasteiger partial charge in [-0.15, -0.1) is 0 Å². The molecule has 1 saturated carbocycles. The molecule has 186 valence electrons. The highest BCUT2D eigenvalue weighted by molar-refractivity contribution is 5.86. The second kappa shape index (κ2) is 11.8. The predicted octanol–water partition coefficient (Wildman–Crippen LogP) is 3.59. The number of oxazole rings is 1. The second-order valence-corrected chi connectivity index (χ2v) is 9.62. The van der Waals surface area contributed by atoms with Gasteiger partial charge in [0.1, 0.15) is 5.52 Å². The standard InChI is InChI=1S/C26H37N3O5/c1-2-20(24(31)26-28-21-10-6-7-11-22(21)34-26)27-25(32)19(16-18-8-4-3-5-9-18)17-23(30)29-12-14-33-15-13-29/h6-7,10-11,18-20,24,31H,2-5,8-9,12-17H2,1H3,(H,27,32). The molecule has 1 aliphatic carbocycles. The van der Waals surface area contributed by atoms with Crippen LogP contribution in [-0.4, -0.2) is 59.1 Å². The van der Waals surface area contributed by atoms with Crippen LogP contribution in [-0.2, 0) is 14.3 Å². The number of fused-ring (bicyclic) bond motifs is 1. The molecule has 8 heteroatoms. The second-order valence-electron chi connectivity index (χ2n) is 9.62. The van der Waals surface area contributed by atoms with Crippen molar-refractivity contribution >= 4 is 22.9 Å². The van der Waals surface area contributed by atoms with Crippen LogP contribution in [0.3, 0.4) is 0 Å². The topological polar surface area (TPSA) is 105 Å². The maximum Gasteiger partial charge on any atom is 0.226 e. The molecule has 0 spiro atoms. The molecule has 2 aromatic rings. The highest BCUT2D eigenvalue weighted by Crippen LogP contribution is 2.31. The lowest BCUT2D eigenvalue weighted by molar-refractivity contribution is -0.140. The Hall–Kier alpha value is -2.45. The van der Waals surface area contributed by atoms with E-state index < -0.39 is 18.1 Å². The highest BCUT2D eigenvalue weighted by atomic mass is 16.5. The molecule has 3 atom stereocenters. The summed E-state index contributed by atoms with van der Waals surface area (Å²) in [6, 6.07) is 6.79. The van der Waals surface area contributed by atoms with Crippen LogP contribution >= 0.6 is 0 Å². The number of carbonyl (C=O) groups excluding carboxylic acids is 2. The number of amides is 2. The fraction of sp³-hybridized carbons (Fsp3) is 0.654. The minimum atomic E-state index is -1.06. The van der Waals surface area contributed by atoms with Crippen molar-refractivity contribution < 1.29 is 23.8 Å². The van der Waals surface area contributed by atoms with E-state index in [1.54, 1.807) is 11.0 Å². The molecule has 0 radical (unpaired) electrons. The molecular formula is C26H37N3O5. The number of nitrogens with zero attached hydrogens (tertiary/aromatic N) is 2. The van der Waals surface area contributed by atoms with Crippen LogP contribution in [0.2, 0.25) is 0 Å². The Morgan fingerprint density at radius 1 is 1.18 bits per heavy atom. The van der Waals surface area contributed by atoms with Gasteiger partial charge in [-0.1, -0.05) is 51.2 Å². The van der Waals surface area contributed by atoms with E-state index in [9.17, 15) is 14.7 Å². The number of ether oxygens (including phenoxy) is 1. The van der Waals surface area contributed by atoms with E-state index >= 15 is 0 Å². The lowest BCUT2D eigenvalue weighted by Crippen LogP contribution is -2.46. The maximum atomic E-state index is 13.4. The molecule has 1 aromatic carbocycles. The first-order chi connectivity index (χ1) is 16.5. The van der Waals surface area contributed by atoms with Crippen molar-refractivity contribution in [1.29, 1.82) is 0 Å². The minimum absolute atomic E-state index is 0.00630. The zero-order valence-corrected chi connectivity index (χ0v) is 20.1. The molecule has 0 bridgehead atoms. The summed E-state index contributed by atoms with van der Waals surface area (Å²) in [4.78, 5) is 32.6. The van der Waals surface area contributed by atoms with Gasteiger partial charge >= 0.3 is 0 Å². The van der Waals surface area contributed by atoms with E-state index in [4.69, 9.17) is 9.15 Å². The Morgan fingerprint density at radius 3 is 2.62 bits per heavy atom. The Labute approximate surface area is 201 Å². The lowest BCUT2D eigenvalue weighted by atomic mass is 9.81. The van der Waals surface area contributed by atoms with E-state index in [0.717, 1.165) is 12.8 Å². The Morgan fingerprint density at radius 2 is 1.91 bits per heavy atom. The fourth-order valence-corrected chi connectivity index (χ4v) is 5.15. The summed E-state index contributed by atoms with van der Waals surface area (Å²) in [7, 11) is 0. The van der Waals surface area contributed by atoms with Crippen LogP contribution in [0.1, 0.15) is 70.3 Å². The van der Waals surface area contributed by atoms with E-state index in [1.807, 2.05) is 25.1 Å². The monoisotopic (exact) mass is 471 g/mol. The smallest absolute Gasteiger partial charge is 0.226 e. The molecule has 34 heavy (non-hydrogen) atoms. The summed E-state index contributed by atoms with van der Waals surface area (Å²) < 4.78 is 11.1. The number of nitrogens with one attached hydrogen (secondary N) is 1. The van der Waals surface area contributed by atoms with Gasteiger partial charge < -0.3 is 24.5 Å². The van der Waals surface area contributed by atoms with Crippen molar-refractivity contribution in [3.8, 4) is 0 Å². The van der Waals surface area contributed by atoms with Crippen molar-refractivity contribution in [2.24, 2.45) is 11.8 Å². The van der Waals surface area contributed by atoms with Gasteiger partial charge in [0.05, 0.1) is 19.3 Å². The average molecular weight is 472 g/mol. The molecule has 2 N–H and O–H groups in total. The zero-order valence-electron chi connectivity index (χ0n) is 20.1. The van der Waals surface area contributed by atoms with Crippen LogP contribution in [0, 0.1) is 11.8 Å². The third-order valence-corrected chi connectivity index (χ3v) is 7.21. The molecule has 2 heterocycles. The van der Waals surface area contributed by atoms with Gasteiger partial charge in [0, 0.05) is 25.4 Å². The van der Waals surface area contributed by atoms with Crippen molar-refractivity contribution in [2.45, 2.75) is 70.4 Å². The Kier molecular flexibility index (Phi) is 8.56. The van der Waals surface area contributed by atoms with Gasteiger partial charge in [-0.3, -0.25) is 9.59 Å². The van der Waals surface area contributed by atoms with Crippen LogP contribution in [0.4, 0.5) is 0 Å². The summed E-state index contributed by atoms with van der Waals surface area (Å²) in [5, 5.41) is 14.0. The van der Waals surface area contributed by atoms with Crippen LogP contribution < -0.4 is 5.32 Å². The third-order valence-electron chi connectivity index (χ3n) is 7.21. The maximum absolute atomic E-state index is 13.4. The lowest BCUT2D eigenvalue weighted by Gasteiger charge is -2.31. The van der Waals surface area contributed by atoms with Gasteiger partial charge in [0.15, 0.2) is 11.7 Å². The number of aliphatic hydroxyl groups excluding tert-OH is 1. The van der Waals surface area contributed by atoms with Gasteiger partial charge in [-0.2, -0.15) is 0 Å². The quantitative estimate of drug-likeness (QED) is 0.579. The van der Waals surface area contributed by atoms with Gasteiger partial charge in [0.2, 0.25) is 17.7 Å². The number of aromatic nitrogens is 1. The Balaban J connectivity index is 1.44. The summed E-state index contributed by atoms with van der Waals surface area (Å²) in [6.07, 6.45) is 6.18.